The Morgan fingerprint density at radius 3 is 2.45 bits per heavy atom. The van der Waals surface area contributed by atoms with Crippen LogP contribution < -0.4 is 20.7 Å². The number of hydrogen-bond donors (Lipinski definition) is 3. The van der Waals surface area contributed by atoms with E-state index in [4.69, 9.17) is 4.74 Å². The molecular formula is C23H29N5O3. The van der Waals surface area contributed by atoms with Crippen LogP contribution in [0.2, 0.25) is 0 Å². The Hall–Kier alpha value is -3.55. The Morgan fingerprint density at radius 1 is 1.10 bits per heavy atom. The average Bonchev–Trinajstić information content (AvgIpc) is 2.81. The van der Waals surface area contributed by atoms with Gasteiger partial charge in [-0.1, -0.05) is 24.3 Å². The molecule has 8 heteroatoms. The number of amides is 2. The molecule has 0 aromatic heterocycles. The van der Waals surface area contributed by atoms with Crippen LogP contribution in [0.3, 0.4) is 0 Å². The van der Waals surface area contributed by atoms with Crippen molar-refractivity contribution < 1.29 is 14.3 Å². The van der Waals surface area contributed by atoms with Gasteiger partial charge in [-0.25, -0.2) is 4.99 Å². The van der Waals surface area contributed by atoms with E-state index in [1.54, 1.807) is 24.1 Å². The third kappa shape index (κ3) is 6.47. The zero-order chi connectivity index (χ0) is 22.1. The number of carbonyl (C=O) groups excluding carboxylic acids is 2. The Balaban J connectivity index is 1.56. The highest BCUT2D eigenvalue weighted by atomic mass is 16.5. The first-order valence-corrected chi connectivity index (χ1v) is 10.4. The lowest BCUT2D eigenvalue weighted by Crippen LogP contribution is -2.49. The number of carbonyl (C=O) groups is 2. The summed E-state index contributed by atoms with van der Waals surface area (Å²) in [6.45, 7) is 5.04. The first-order chi connectivity index (χ1) is 15.1. The number of hydrogen-bond acceptors (Lipinski definition) is 4. The van der Waals surface area contributed by atoms with Gasteiger partial charge in [0.2, 0.25) is 5.91 Å². The highest BCUT2D eigenvalue weighted by Gasteiger charge is 2.22. The molecule has 164 valence electrons. The lowest BCUT2D eigenvalue weighted by atomic mass is 10.1. The summed E-state index contributed by atoms with van der Waals surface area (Å²) in [4.78, 5) is 30.3. The molecule has 2 aromatic carbocycles. The van der Waals surface area contributed by atoms with E-state index >= 15 is 0 Å². The number of piperazine rings is 1. The van der Waals surface area contributed by atoms with Crippen molar-refractivity contribution in [2.75, 3.05) is 33.3 Å². The van der Waals surface area contributed by atoms with E-state index in [0.717, 1.165) is 29.4 Å². The second-order valence-corrected chi connectivity index (χ2v) is 7.17. The van der Waals surface area contributed by atoms with Crippen molar-refractivity contribution in [2.45, 2.75) is 20.0 Å². The molecule has 3 N–H and O–H groups in total. The Morgan fingerprint density at radius 2 is 1.81 bits per heavy atom. The summed E-state index contributed by atoms with van der Waals surface area (Å²) >= 11 is 0. The van der Waals surface area contributed by atoms with Crippen LogP contribution in [-0.2, 0) is 17.9 Å². The smallest absolute Gasteiger partial charge is 0.254 e. The molecule has 1 aliphatic heterocycles. The SMILES string of the molecule is CCNC(=NCc1ccc(OC)cc1)NCc1ccc(C(=O)N2CCNC(=O)C2)cc1. The maximum Gasteiger partial charge on any atom is 0.254 e. The molecule has 0 aliphatic carbocycles. The van der Waals surface area contributed by atoms with Crippen LogP contribution in [0.25, 0.3) is 0 Å². The summed E-state index contributed by atoms with van der Waals surface area (Å²) in [7, 11) is 1.65. The summed E-state index contributed by atoms with van der Waals surface area (Å²) in [5.74, 6) is 1.30. The molecule has 1 heterocycles. The van der Waals surface area contributed by atoms with Gasteiger partial charge in [0.1, 0.15) is 5.75 Å². The molecule has 8 nitrogen and oxygen atoms in total. The van der Waals surface area contributed by atoms with Gasteiger partial charge < -0.3 is 25.6 Å². The van der Waals surface area contributed by atoms with Gasteiger partial charge in [0, 0.05) is 31.7 Å². The van der Waals surface area contributed by atoms with Gasteiger partial charge in [-0.05, 0) is 42.3 Å². The van der Waals surface area contributed by atoms with E-state index in [0.29, 0.717) is 31.7 Å². The normalized spacial score (nSPS) is 14.1. The summed E-state index contributed by atoms with van der Waals surface area (Å²) in [5.41, 5.74) is 2.70. The largest absolute Gasteiger partial charge is 0.497 e. The molecule has 0 unspecified atom stereocenters. The van der Waals surface area contributed by atoms with Crippen LogP contribution in [0.4, 0.5) is 0 Å². The first-order valence-electron chi connectivity index (χ1n) is 10.4. The molecule has 2 aromatic rings. The van der Waals surface area contributed by atoms with Gasteiger partial charge >= 0.3 is 0 Å². The fourth-order valence-electron chi connectivity index (χ4n) is 3.19. The lowest BCUT2D eigenvalue weighted by molar-refractivity contribution is -0.123. The molecule has 31 heavy (non-hydrogen) atoms. The number of nitrogens with one attached hydrogen (secondary N) is 3. The number of benzene rings is 2. The van der Waals surface area contributed by atoms with Crippen molar-refractivity contribution in [1.29, 1.82) is 0 Å². The van der Waals surface area contributed by atoms with Gasteiger partial charge in [-0.2, -0.15) is 0 Å². The summed E-state index contributed by atoms with van der Waals surface area (Å²) in [6, 6.07) is 15.3. The van der Waals surface area contributed by atoms with Crippen molar-refractivity contribution in [2.24, 2.45) is 4.99 Å². The molecular weight excluding hydrogens is 394 g/mol. The molecule has 1 fully saturated rings. The van der Waals surface area contributed by atoms with Gasteiger partial charge in [0.15, 0.2) is 5.96 Å². The van der Waals surface area contributed by atoms with Gasteiger partial charge in [0.25, 0.3) is 5.91 Å². The quantitative estimate of drug-likeness (QED) is 0.464. The van der Waals surface area contributed by atoms with Crippen LogP contribution in [-0.4, -0.2) is 56.0 Å². The van der Waals surface area contributed by atoms with Crippen molar-refractivity contribution in [1.82, 2.24) is 20.9 Å². The topological polar surface area (TPSA) is 95.1 Å². The Labute approximate surface area is 182 Å². The van der Waals surface area contributed by atoms with Gasteiger partial charge in [-0.3, -0.25) is 9.59 Å². The lowest BCUT2D eigenvalue weighted by Gasteiger charge is -2.26. The number of nitrogens with zero attached hydrogens (tertiary/aromatic N) is 2. The minimum Gasteiger partial charge on any atom is -0.497 e. The zero-order valence-corrected chi connectivity index (χ0v) is 18.0. The first kappa shape index (κ1) is 22.1. The zero-order valence-electron chi connectivity index (χ0n) is 18.0. The summed E-state index contributed by atoms with van der Waals surface area (Å²) in [6.07, 6.45) is 0. The highest BCUT2D eigenvalue weighted by Crippen LogP contribution is 2.12. The van der Waals surface area contributed by atoms with Crippen LogP contribution in [0.5, 0.6) is 5.75 Å². The molecule has 0 atom stereocenters. The summed E-state index contributed by atoms with van der Waals surface area (Å²) < 4.78 is 5.18. The standard InChI is InChI=1S/C23H29N5O3/c1-3-24-23(27-15-18-6-10-20(31-2)11-7-18)26-14-17-4-8-19(9-5-17)22(30)28-13-12-25-21(29)16-28/h4-11H,3,12-16H2,1-2H3,(H,25,29)(H2,24,26,27). The molecule has 0 saturated carbocycles. The fourth-order valence-corrected chi connectivity index (χ4v) is 3.19. The number of rotatable bonds is 7. The number of ether oxygens (including phenoxy) is 1. The van der Waals surface area contributed by atoms with Crippen LogP contribution >= 0.6 is 0 Å². The molecule has 1 saturated heterocycles. The average molecular weight is 424 g/mol. The predicted octanol–water partition coefficient (Wildman–Crippen LogP) is 1.52. The van der Waals surface area contributed by atoms with Crippen LogP contribution in [0, 0.1) is 0 Å². The minimum absolute atomic E-state index is 0.110. The summed E-state index contributed by atoms with van der Waals surface area (Å²) in [5, 5.41) is 9.28. The van der Waals surface area contributed by atoms with Gasteiger partial charge in [0.05, 0.1) is 20.2 Å². The van der Waals surface area contributed by atoms with Crippen molar-refractivity contribution in [3.63, 3.8) is 0 Å². The van der Waals surface area contributed by atoms with E-state index in [-0.39, 0.29) is 18.4 Å². The number of aliphatic imine (C=N–C) groups is 1. The monoisotopic (exact) mass is 423 g/mol. The van der Waals surface area contributed by atoms with Gasteiger partial charge in [-0.15, -0.1) is 0 Å². The fraction of sp³-hybridized carbons (Fsp3) is 0.348. The Bertz CT molecular complexity index is 910. The van der Waals surface area contributed by atoms with E-state index < -0.39 is 0 Å². The van der Waals surface area contributed by atoms with Crippen LogP contribution in [0.1, 0.15) is 28.4 Å². The van der Waals surface area contributed by atoms with E-state index in [9.17, 15) is 9.59 Å². The molecule has 3 rings (SSSR count). The van der Waals surface area contributed by atoms with E-state index in [1.165, 1.54) is 0 Å². The van der Waals surface area contributed by atoms with E-state index in [2.05, 4.69) is 20.9 Å². The van der Waals surface area contributed by atoms with Crippen molar-refractivity contribution in [3.05, 3.63) is 65.2 Å². The molecule has 0 spiro atoms. The molecule has 0 bridgehead atoms. The minimum atomic E-state index is -0.122. The number of guanidine groups is 1. The molecule has 1 aliphatic rings. The highest BCUT2D eigenvalue weighted by molar-refractivity contribution is 5.97. The molecule has 0 radical (unpaired) electrons. The van der Waals surface area contributed by atoms with E-state index in [1.807, 2.05) is 43.3 Å². The van der Waals surface area contributed by atoms with Crippen molar-refractivity contribution in [3.8, 4) is 5.75 Å². The second-order valence-electron chi connectivity index (χ2n) is 7.17. The van der Waals surface area contributed by atoms with Crippen LogP contribution in [0.15, 0.2) is 53.5 Å². The predicted molar refractivity (Wildman–Crippen MR) is 120 cm³/mol. The third-order valence-electron chi connectivity index (χ3n) is 4.91. The van der Waals surface area contributed by atoms with Crippen molar-refractivity contribution >= 4 is 17.8 Å². The maximum atomic E-state index is 12.6. The Kier molecular flexibility index (Phi) is 7.86. The maximum absolute atomic E-state index is 12.6. The third-order valence-corrected chi connectivity index (χ3v) is 4.91. The molecule has 2 amide bonds. The second kappa shape index (κ2) is 11.0. The number of methoxy groups -OCH3 is 1.